The number of aromatic nitrogens is 3. The summed E-state index contributed by atoms with van der Waals surface area (Å²) >= 11 is 3.48. The van der Waals surface area contributed by atoms with Crippen molar-refractivity contribution in [3.8, 4) is 11.4 Å². The van der Waals surface area contributed by atoms with Crippen LogP contribution in [0.15, 0.2) is 41.1 Å². The molecular formula is C13H10BrN3. The van der Waals surface area contributed by atoms with Gasteiger partial charge in [0.05, 0.1) is 17.2 Å². The maximum atomic E-state index is 4.57. The first-order valence-corrected chi connectivity index (χ1v) is 6.09. The number of imidazole rings is 1. The molecule has 0 aliphatic rings. The fourth-order valence-electron chi connectivity index (χ4n) is 1.83. The molecule has 0 fully saturated rings. The summed E-state index contributed by atoms with van der Waals surface area (Å²) in [4.78, 5) is 11.9. The molecule has 0 aliphatic carbocycles. The van der Waals surface area contributed by atoms with Gasteiger partial charge in [-0.2, -0.15) is 0 Å². The molecule has 3 nitrogen and oxygen atoms in total. The van der Waals surface area contributed by atoms with Crippen molar-refractivity contribution in [1.29, 1.82) is 0 Å². The number of aromatic amines is 1. The molecule has 1 aromatic carbocycles. The number of benzene rings is 1. The lowest BCUT2D eigenvalue weighted by Crippen LogP contribution is -1.85. The van der Waals surface area contributed by atoms with Crippen LogP contribution >= 0.6 is 15.9 Å². The zero-order valence-corrected chi connectivity index (χ0v) is 10.8. The maximum Gasteiger partial charge on any atom is 0.138 e. The average Bonchev–Trinajstić information content (AvgIpc) is 2.75. The Labute approximate surface area is 107 Å². The minimum atomic E-state index is 0.881. The maximum absolute atomic E-state index is 4.57. The Balaban J connectivity index is 2.23. The van der Waals surface area contributed by atoms with E-state index in [-0.39, 0.29) is 0 Å². The van der Waals surface area contributed by atoms with Gasteiger partial charge in [-0.3, -0.25) is 4.98 Å². The van der Waals surface area contributed by atoms with Crippen LogP contribution in [0.3, 0.4) is 0 Å². The van der Waals surface area contributed by atoms with Crippen molar-refractivity contribution in [1.82, 2.24) is 15.0 Å². The van der Waals surface area contributed by atoms with Crippen molar-refractivity contribution in [2.45, 2.75) is 6.92 Å². The highest BCUT2D eigenvalue weighted by Crippen LogP contribution is 2.26. The predicted molar refractivity (Wildman–Crippen MR) is 71.8 cm³/mol. The summed E-state index contributed by atoms with van der Waals surface area (Å²) in [5.74, 6) is 0.881. The Hall–Kier alpha value is -1.68. The largest absolute Gasteiger partial charge is 0.337 e. The van der Waals surface area contributed by atoms with E-state index in [1.165, 1.54) is 5.56 Å². The summed E-state index contributed by atoms with van der Waals surface area (Å²) in [6.45, 7) is 2.08. The van der Waals surface area contributed by atoms with Crippen LogP contribution in [-0.4, -0.2) is 15.0 Å². The molecule has 3 rings (SSSR count). The Kier molecular flexibility index (Phi) is 2.44. The Morgan fingerprint density at radius 1 is 1.24 bits per heavy atom. The second-order valence-corrected chi connectivity index (χ2v) is 4.85. The van der Waals surface area contributed by atoms with E-state index in [1.54, 1.807) is 12.4 Å². The number of nitrogens with one attached hydrogen (secondary N) is 1. The molecule has 1 N–H and O–H groups in total. The summed E-state index contributed by atoms with van der Waals surface area (Å²) < 4.78 is 1.05. The van der Waals surface area contributed by atoms with E-state index in [0.29, 0.717) is 0 Å². The Morgan fingerprint density at radius 3 is 2.94 bits per heavy atom. The van der Waals surface area contributed by atoms with Gasteiger partial charge in [0, 0.05) is 16.2 Å². The molecule has 3 aromatic rings. The first-order valence-electron chi connectivity index (χ1n) is 5.30. The number of aryl methyl sites for hydroxylation is 1. The minimum absolute atomic E-state index is 0.881. The average molecular weight is 288 g/mol. The zero-order chi connectivity index (χ0) is 11.8. The van der Waals surface area contributed by atoms with Gasteiger partial charge in [0.2, 0.25) is 0 Å². The lowest BCUT2D eigenvalue weighted by Gasteiger charge is -2.02. The summed E-state index contributed by atoms with van der Waals surface area (Å²) in [6, 6.07) is 8.08. The lowest BCUT2D eigenvalue weighted by molar-refractivity contribution is 1.30. The summed E-state index contributed by atoms with van der Waals surface area (Å²) in [5, 5.41) is 0. The molecule has 0 atom stereocenters. The molecule has 0 spiro atoms. The van der Waals surface area contributed by atoms with Crippen molar-refractivity contribution >= 4 is 27.0 Å². The van der Waals surface area contributed by atoms with Crippen LogP contribution in [0.5, 0.6) is 0 Å². The predicted octanol–water partition coefficient (Wildman–Crippen LogP) is 3.70. The first-order chi connectivity index (χ1) is 8.24. The van der Waals surface area contributed by atoms with E-state index in [1.807, 2.05) is 12.1 Å². The highest BCUT2D eigenvalue weighted by Gasteiger charge is 2.08. The van der Waals surface area contributed by atoms with Crippen molar-refractivity contribution < 1.29 is 0 Å². The minimum Gasteiger partial charge on any atom is -0.337 e. The molecule has 0 saturated heterocycles. The van der Waals surface area contributed by atoms with E-state index < -0.39 is 0 Å². The van der Waals surface area contributed by atoms with Gasteiger partial charge in [-0.05, 0) is 30.7 Å². The molecule has 2 aromatic heterocycles. The fourth-order valence-corrected chi connectivity index (χ4v) is 2.19. The fraction of sp³-hybridized carbons (Fsp3) is 0.0769. The molecule has 0 radical (unpaired) electrons. The highest BCUT2D eigenvalue weighted by molar-refractivity contribution is 9.10. The number of hydrogen-bond acceptors (Lipinski definition) is 2. The number of fused-ring (bicyclic) bond motifs is 1. The van der Waals surface area contributed by atoms with E-state index in [2.05, 4.69) is 49.9 Å². The molecule has 0 amide bonds. The number of rotatable bonds is 1. The molecule has 0 saturated carbocycles. The van der Waals surface area contributed by atoms with Crippen LogP contribution in [-0.2, 0) is 0 Å². The molecule has 0 unspecified atom stereocenters. The van der Waals surface area contributed by atoms with Crippen LogP contribution in [0.2, 0.25) is 0 Å². The summed E-state index contributed by atoms with van der Waals surface area (Å²) in [7, 11) is 0. The normalized spacial score (nSPS) is 10.9. The van der Waals surface area contributed by atoms with E-state index >= 15 is 0 Å². The van der Waals surface area contributed by atoms with Crippen molar-refractivity contribution in [3.63, 3.8) is 0 Å². The topological polar surface area (TPSA) is 41.6 Å². The van der Waals surface area contributed by atoms with Crippen LogP contribution in [0, 0.1) is 6.92 Å². The molecule has 84 valence electrons. The van der Waals surface area contributed by atoms with Crippen LogP contribution in [0.25, 0.3) is 22.4 Å². The third-order valence-electron chi connectivity index (χ3n) is 2.74. The number of hydrogen-bond donors (Lipinski definition) is 1. The van der Waals surface area contributed by atoms with Crippen molar-refractivity contribution in [2.75, 3.05) is 0 Å². The lowest BCUT2D eigenvalue weighted by atomic mass is 10.1. The molecule has 0 bridgehead atoms. The van der Waals surface area contributed by atoms with Gasteiger partial charge in [-0.15, -0.1) is 0 Å². The molecular weight excluding hydrogens is 278 g/mol. The quantitative estimate of drug-likeness (QED) is 0.742. The second kappa shape index (κ2) is 3.96. The smallest absolute Gasteiger partial charge is 0.138 e. The van der Waals surface area contributed by atoms with E-state index in [4.69, 9.17) is 0 Å². The molecule has 0 aliphatic heterocycles. The van der Waals surface area contributed by atoms with E-state index in [0.717, 1.165) is 26.9 Å². The zero-order valence-electron chi connectivity index (χ0n) is 9.24. The van der Waals surface area contributed by atoms with Crippen LogP contribution in [0.4, 0.5) is 0 Å². The third kappa shape index (κ3) is 1.85. The van der Waals surface area contributed by atoms with Gasteiger partial charge in [0.1, 0.15) is 5.82 Å². The van der Waals surface area contributed by atoms with Gasteiger partial charge < -0.3 is 4.98 Å². The molecule has 4 heteroatoms. The van der Waals surface area contributed by atoms with Crippen LogP contribution < -0.4 is 0 Å². The summed E-state index contributed by atoms with van der Waals surface area (Å²) in [6.07, 6.45) is 3.54. The van der Waals surface area contributed by atoms with Crippen molar-refractivity contribution in [2.24, 2.45) is 0 Å². The van der Waals surface area contributed by atoms with Gasteiger partial charge in [-0.25, -0.2) is 4.98 Å². The number of nitrogens with zero attached hydrogens (tertiary/aromatic N) is 2. The number of H-pyrrole nitrogens is 1. The van der Waals surface area contributed by atoms with Crippen LogP contribution in [0.1, 0.15) is 5.56 Å². The van der Waals surface area contributed by atoms with Gasteiger partial charge in [0.15, 0.2) is 0 Å². The number of halogens is 1. The second-order valence-electron chi connectivity index (χ2n) is 3.94. The monoisotopic (exact) mass is 287 g/mol. The highest BCUT2D eigenvalue weighted by atomic mass is 79.9. The first kappa shape index (κ1) is 10.5. The summed E-state index contributed by atoms with van der Waals surface area (Å²) in [5.41, 5.74) is 4.20. The SMILES string of the molecule is Cc1ccc(Br)cc1-c1nc2ccncc2[nH]1. The van der Waals surface area contributed by atoms with Gasteiger partial charge in [-0.1, -0.05) is 22.0 Å². The standard InChI is InChI=1S/C13H10BrN3/c1-8-2-3-9(14)6-10(8)13-16-11-4-5-15-7-12(11)17-13/h2-7H,1H3,(H,16,17). The third-order valence-corrected chi connectivity index (χ3v) is 3.23. The Morgan fingerprint density at radius 2 is 2.12 bits per heavy atom. The number of pyridine rings is 1. The molecule has 17 heavy (non-hydrogen) atoms. The Bertz CT molecular complexity index is 655. The van der Waals surface area contributed by atoms with Crippen molar-refractivity contribution in [3.05, 3.63) is 46.7 Å². The van der Waals surface area contributed by atoms with E-state index in [9.17, 15) is 0 Å². The molecule has 2 heterocycles. The van der Waals surface area contributed by atoms with Gasteiger partial charge in [0.25, 0.3) is 0 Å². The van der Waals surface area contributed by atoms with Gasteiger partial charge >= 0.3 is 0 Å².